The summed E-state index contributed by atoms with van der Waals surface area (Å²) in [5, 5.41) is 10.8. The van der Waals surface area contributed by atoms with Crippen LogP contribution >= 0.6 is 11.8 Å². The van der Waals surface area contributed by atoms with Gasteiger partial charge in [-0.3, -0.25) is 4.98 Å². The Morgan fingerprint density at radius 1 is 0.970 bits per heavy atom. The summed E-state index contributed by atoms with van der Waals surface area (Å²) < 4.78 is 6.31. The fourth-order valence-corrected chi connectivity index (χ4v) is 4.94. The second kappa shape index (κ2) is 8.96. The molecule has 3 heterocycles. The Bertz CT molecular complexity index is 1340. The topological polar surface area (TPSA) is 68.1 Å². The number of thioether (sulfide) groups is 1. The Balaban J connectivity index is 1.59. The molecule has 33 heavy (non-hydrogen) atoms. The van der Waals surface area contributed by atoms with Crippen molar-refractivity contribution in [3.8, 4) is 23.0 Å². The lowest BCUT2D eigenvalue weighted by atomic mass is 9.99. The van der Waals surface area contributed by atoms with Crippen LogP contribution in [-0.2, 0) is 18.8 Å². The van der Waals surface area contributed by atoms with Crippen molar-refractivity contribution in [2.45, 2.75) is 44.6 Å². The Labute approximate surface area is 197 Å². The molecule has 4 aromatic rings. The van der Waals surface area contributed by atoms with E-state index < -0.39 is 0 Å². The van der Waals surface area contributed by atoms with E-state index in [1.54, 1.807) is 18.0 Å². The van der Waals surface area contributed by atoms with E-state index in [1.165, 1.54) is 11.1 Å². The zero-order valence-electron chi connectivity index (χ0n) is 18.9. The lowest BCUT2D eigenvalue weighted by Gasteiger charge is -2.24. The van der Waals surface area contributed by atoms with Crippen LogP contribution in [0.4, 0.5) is 0 Å². The molecule has 0 spiro atoms. The number of hydrogen-bond acceptors (Lipinski definition) is 6. The van der Waals surface area contributed by atoms with Gasteiger partial charge in [0.25, 0.3) is 0 Å². The highest BCUT2D eigenvalue weighted by Gasteiger charge is 2.27. The van der Waals surface area contributed by atoms with E-state index in [0.717, 1.165) is 44.3 Å². The van der Waals surface area contributed by atoms with E-state index in [9.17, 15) is 5.11 Å². The minimum Gasteiger partial charge on any atom is -0.436 e. The molecule has 0 aliphatic carbocycles. The van der Waals surface area contributed by atoms with Crippen molar-refractivity contribution in [2.75, 3.05) is 0 Å². The number of nitrogens with zero attached hydrogens (tertiary/aromatic N) is 3. The molecule has 2 aromatic heterocycles. The third kappa shape index (κ3) is 4.36. The number of aryl methyl sites for hydroxylation is 3. The van der Waals surface area contributed by atoms with Crippen LogP contribution in [0.5, 0.6) is 11.6 Å². The highest BCUT2D eigenvalue weighted by molar-refractivity contribution is 7.98. The maximum atomic E-state index is 9.86. The smallest absolute Gasteiger partial charge is 0.227 e. The molecule has 0 saturated carbocycles. The first-order valence-corrected chi connectivity index (χ1v) is 11.9. The average molecular weight is 456 g/mol. The lowest BCUT2D eigenvalue weighted by molar-refractivity contribution is 0.278. The van der Waals surface area contributed by atoms with Crippen molar-refractivity contribution in [3.05, 3.63) is 93.8 Å². The second-order valence-corrected chi connectivity index (χ2v) is 9.36. The first kappa shape index (κ1) is 21.6. The maximum absolute atomic E-state index is 9.86. The third-order valence-electron chi connectivity index (χ3n) is 5.83. The number of hydrogen-bond donors (Lipinski definition) is 1. The standard InChI is InChI=1S/C27H25N3O2S/c1-16-7-9-19(10-8-16)15-33-27-23-12-22-21(14-31)13-28-18(3)24(22)32-26(23)29-25(30-27)20-6-4-5-17(2)11-20/h4-11,13,31H,12,14-15H2,1-3H3. The summed E-state index contributed by atoms with van der Waals surface area (Å²) in [5.41, 5.74) is 8.08. The van der Waals surface area contributed by atoms with E-state index in [2.05, 4.69) is 55.2 Å². The Morgan fingerprint density at radius 3 is 2.55 bits per heavy atom. The zero-order chi connectivity index (χ0) is 22.9. The molecule has 1 aliphatic heterocycles. The van der Waals surface area contributed by atoms with Crippen LogP contribution in [0.25, 0.3) is 11.4 Å². The molecule has 166 valence electrons. The van der Waals surface area contributed by atoms with E-state index in [1.807, 2.05) is 19.1 Å². The monoisotopic (exact) mass is 455 g/mol. The van der Waals surface area contributed by atoms with Gasteiger partial charge in [0.15, 0.2) is 11.6 Å². The Kier molecular flexibility index (Phi) is 5.87. The summed E-state index contributed by atoms with van der Waals surface area (Å²) in [5.74, 6) is 2.71. The van der Waals surface area contributed by atoms with Crippen molar-refractivity contribution < 1.29 is 9.84 Å². The first-order chi connectivity index (χ1) is 16.0. The molecular weight excluding hydrogens is 430 g/mol. The summed E-state index contributed by atoms with van der Waals surface area (Å²) in [6.45, 7) is 5.99. The van der Waals surface area contributed by atoms with Crippen LogP contribution in [0.15, 0.2) is 59.8 Å². The number of benzene rings is 2. The van der Waals surface area contributed by atoms with Gasteiger partial charge in [-0.05, 0) is 32.4 Å². The number of ether oxygens (including phenoxy) is 1. The van der Waals surface area contributed by atoms with Gasteiger partial charge in [0.1, 0.15) is 5.03 Å². The van der Waals surface area contributed by atoms with Gasteiger partial charge in [0, 0.05) is 35.1 Å². The van der Waals surface area contributed by atoms with Gasteiger partial charge in [-0.15, -0.1) is 11.8 Å². The van der Waals surface area contributed by atoms with Gasteiger partial charge in [0.2, 0.25) is 5.88 Å². The zero-order valence-corrected chi connectivity index (χ0v) is 19.7. The minimum absolute atomic E-state index is 0.0810. The van der Waals surface area contributed by atoms with Gasteiger partial charge in [0.05, 0.1) is 17.9 Å². The molecule has 0 atom stereocenters. The van der Waals surface area contributed by atoms with Gasteiger partial charge in [-0.25, -0.2) is 4.98 Å². The molecule has 2 aromatic carbocycles. The van der Waals surface area contributed by atoms with Gasteiger partial charge < -0.3 is 9.84 Å². The second-order valence-electron chi connectivity index (χ2n) is 8.39. The van der Waals surface area contributed by atoms with Crippen LogP contribution in [0.3, 0.4) is 0 Å². The normalized spacial score (nSPS) is 12.1. The summed E-state index contributed by atoms with van der Waals surface area (Å²) in [4.78, 5) is 14.2. The molecule has 5 nitrogen and oxygen atoms in total. The van der Waals surface area contributed by atoms with E-state index in [-0.39, 0.29) is 6.61 Å². The number of rotatable bonds is 5. The van der Waals surface area contributed by atoms with Gasteiger partial charge in [-0.2, -0.15) is 4.98 Å². The molecule has 5 rings (SSSR count). The molecule has 0 saturated heterocycles. The van der Waals surface area contributed by atoms with E-state index in [4.69, 9.17) is 14.7 Å². The highest BCUT2D eigenvalue weighted by atomic mass is 32.2. The van der Waals surface area contributed by atoms with E-state index >= 15 is 0 Å². The molecule has 0 bridgehead atoms. The highest BCUT2D eigenvalue weighted by Crippen LogP contribution is 2.43. The number of pyridine rings is 1. The fourth-order valence-electron chi connectivity index (χ4n) is 3.96. The Morgan fingerprint density at radius 2 is 1.79 bits per heavy atom. The molecule has 0 amide bonds. The largest absolute Gasteiger partial charge is 0.436 e. The molecule has 0 fully saturated rings. The number of aliphatic hydroxyl groups excluding tert-OH is 1. The van der Waals surface area contributed by atoms with Crippen LogP contribution in [0, 0.1) is 20.8 Å². The van der Waals surface area contributed by atoms with Gasteiger partial charge >= 0.3 is 0 Å². The fraction of sp³-hybridized carbons (Fsp3) is 0.222. The molecule has 0 unspecified atom stereocenters. The molecule has 1 aliphatic rings. The molecular formula is C27H25N3O2S. The molecule has 0 radical (unpaired) electrons. The van der Waals surface area contributed by atoms with Crippen molar-refractivity contribution >= 4 is 11.8 Å². The average Bonchev–Trinajstić information content (AvgIpc) is 2.83. The van der Waals surface area contributed by atoms with Crippen molar-refractivity contribution in [3.63, 3.8) is 0 Å². The summed E-state index contributed by atoms with van der Waals surface area (Å²) in [6.07, 6.45) is 2.33. The van der Waals surface area contributed by atoms with Crippen LogP contribution in [0.2, 0.25) is 0 Å². The number of aromatic nitrogens is 3. The maximum Gasteiger partial charge on any atom is 0.227 e. The minimum atomic E-state index is -0.0810. The van der Waals surface area contributed by atoms with Gasteiger partial charge in [-0.1, -0.05) is 53.6 Å². The predicted octanol–water partition coefficient (Wildman–Crippen LogP) is 5.94. The van der Waals surface area contributed by atoms with Crippen LogP contribution in [0.1, 0.15) is 39.1 Å². The lowest BCUT2D eigenvalue weighted by Crippen LogP contribution is -2.13. The molecule has 6 heteroatoms. The third-order valence-corrected chi connectivity index (χ3v) is 6.92. The molecule has 1 N–H and O–H groups in total. The number of fused-ring (bicyclic) bond motifs is 2. The van der Waals surface area contributed by atoms with Crippen molar-refractivity contribution in [1.82, 2.24) is 15.0 Å². The summed E-state index contributed by atoms with van der Waals surface area (Å²) in [6, 6.07) is 16.8. The number of aliphatic hydroxyl groups is 1. The summed E-state index contributed by atoms with van der Waals surface area (Å²) in [7, 11) is 0. The summed E-state index contributed by atoms with van der Waals surface area (Å²) >= 11 is 1.69. The van der Waals surface area contributed by atoms with E-state index in [0.29, 0.717) is 23.9 Å². The Hall–Kier alpha value is -3.22. The SMILES string of the molecule is Cc1ccc(CSc2nc(-c3cccc(C)c3)nc3c2Cc2c(CO)cnc(C)c2O3)cc1. The van der Waals surface area contributed by atoms with Crippen molar-refractivity contribution in [1.29, 1.82) is 0 Å². The van der Waals surface area contributed by atoms with Crippen LogP contribution in [-0.4, -0.2) is 20.1 Å². The quantitative estimate of drug-likeness (QED) is 0.261. The first-order valence-electron chi connectivity index (χ1n) is 10.9. The predicted molar refractivity (Wildman–Crippen MR) is 131 cm³/mol. The van der Waals surface area contributed by atoms with Crippen molar-refractivity contribution in [2.24, 2.45) is 0 Å². The van der Waals surface area contributed by atoms with Crippen LogP contribution < -0.4 is 4.74 Å².